The standard InChI is InChI=1S/C12H12ClN5O2/c1-14-11-10(18(19)20)12(17-7-16-11)15-6-8-4-2-3-5-9(8)13/h2-5,7H,6H2,1H3,(H2,14,15,16,17). The number of nitro groups is 1. The molecular formula is C12H12ClN5O2. The Balaban J connectivity index is 2.26. The highest BCUT2D eigenvalue weighted by Crippen LogP contribution is 2.29. The number of hydrogen-bond donors (Lipinski definition) is 2. The van der Waals surface area contributed by atoms with Crippen molar-refractivity contribution in [2.75, 3.05) is 17.7 Å². The summed E-state index contributed by atoms with van der Waals surface area (Å²) in [6.45, 7) is 0.334. The highest BCUT2D eigenvalue weighted by molar-refractivity contribution is 6.31. The summed E-state index contributed by atoms with van der Waals surface area (Å²) in [5.74, 6) is 0.306. The van der Waals surface area contributed by atoms with Crippen LogP contribution in [0.15, 0.2) is 30.6 Å². The van der Waals surface area contributed by atoms with Gasteiger partial charge in [0.2, 0.25) is 11.6 Å². The first-order valence-corrected chi connectivity index (χ1v) is 6.15. The van der Waals surface area contributed by atoms with Crippen molar-refractivity contribution in [3.8, 4) is 0 Å². The summed E-state index contributed by atoms with van der Waals surface area (Å²) >= 11 is 6.03. The van der Waals surface area contributed by atoms with Gasteiger partial charge < -0.3 is 10.6 Å². The number of anilines is 2. The van der Waals surface area contributed by atoms with Gasteiger partial charge in [0.15, 0.2) is 0 Å². The minimum absolute atomic E-state index is 0.147. The SMILES string of the molecule is CNc1ncnc(NCc2ccccc2Cl)c1[N+](=O)[O-]. The van der Waals surface area contributed by atoms with Gasteiger partial charge in [-0.2, -0.15) is 0 Å². The van der Waals surface area contributed by atoms with E-state index in [1.54, 1.807) is 13.1 Å². The Hall–Kier alpha value is -2.41. The van der Waals surface area contributed by atoms with Crippen molar-refractivity contribution in [3.63, 3.8) is 0 Å². The average molecular weight is 294 g/mol. The first-order valence-electron chi connectivity index (χ1n) is 5.78. The molecule has 0 saturated heterocycles. The minimum atomic E-state index is -0.527. The molecule has 0 atom stereocenters. The van der Waals surface area contributed by atoms with Gasteiger partial charge in [0, 0.05) is 18.6 Å². The molecule has 104 valence electrons. The van der Waals surface area contributed by atoms with E-state index in [4.69, 9.17) is 11.6 Å². The third-order valence-corrected chi connectivity index (χ3v) is 3.01. The van der Waals surface area contributed by atoms with Crippen LogP contribution in [0.3, 0.4) is 0 Å². The van der Waals surface area contributed by atoms with Crippen LogP contribution in [0.1, 0.15) is 5.56 Å². The maximum Gasteiger partial charge on any atom is 0.353 e. The Labute approximate surface area is 120 Å². The second-order valence-corrected chi connectivity index (χ2v) is 4.28. The monoisotopic (exact) mass is 293 g/mol. The molecule has 20 heavy (non-hydrogen) atoms. The molecule has 2 rings (SSSR count). The van der Waals surface area contributed by atoms with Gasteiger partial charge in [-0.05, 0) is 11.6 Å². The predicted molar refractivity (Wildman–Crippen MR) is 77.0 cm³/mol. The van der Waals surface area contributed by atoms with E-state index in [1.807, 2.05) is 18.2 Å². The number of aromatic nitrogens is 2. The first kappa shape index (κ1) is 14.0. The van der Waals surface area contributed by atoms with Crippen LogP contribution >= 0.6 is 11.6 Å². The van der Waals surface area contributed by atoms with E-state index < -0.39 is 4.92 Å². The molecule has 2 N–H and O–H groups in total. The summed E-state index contributed by atoms with van der Waals surface area (Å²) in [6, 6.07) is 7.25. The predicted octanol–water partition coefficient (Wildman–Crippen LogP) is 2.69. The van der Waals surface area contributed by atoms with Gasteiger partial charge in [0.25, 0.3) is 0 Å². The number of nitrogens with zero attached hydrogens (tertiary/aromatic N) is 3. The molecule has 8 heteroatoms. The van der Waals surface area contributed by atoms with Gasteiger partial charge in [0.1, 0.15) is 6.33 Å². The topological polar surface area (TPSA) is 93.0 Å². The summed E-state index contributed by atoms with van der Waals surface area (Å²) in [5, 5.41) is 17.3. The third kappa shape index (κ3) is 2.94. The Bertz CT molecular complexity index is 635. The minimum Gasteiger partial charge on any atom is -0.367 e. The summed E-state index contributed by atoms with van der Waals surface area (Å²) in [6.07, 6.45) is 1.26. The summed E-state index contributed by atoms with van der Waals surface area (Å²) in [5.41, 5.74) is 0.634. The van der Waals surface area contributed by atoms with Crippen LogP contribution < -0.4 is 10.6 Å². The highest BCUT2D eigenvalue weighted by atomic mass is 35.5. The Morgan fingerprint density at radius 1 is 1.30 bits per heavy atom. The second-order valence-electron chi connectivity index (χ2n) is 3.87. The molecule has 0 amide bonds. The van der Waals surface area contributed by atoms with Crippen molar-refractivity contribution >= 4 is 28.9 Å². The van der Waals surface area contributed by atoms with Crippen molar-refractivity contribution in [1.29, 1.82) is 0 Å². The van der Waals surface area contributed by atoms with Gasteiger partial charge in [-0.25, -0.2) is 9.97 Å². The molecule has 0 radical (unpaired) electrons. The fourth-order valence-electron chi connectivity index (χ4n) is 1.68. The second kappa shape index (κ2) is 6.16. The maximum atomic E-state index is 11.1. The normalized spacial score (nSPS) is 10.1. The van der Waals surface area contributed by atoms with E-state index in [0.29, 0.717) is 11.6 Å². The van der Waals surface area contributed by atoms with Crippen LogP contribution in [0.2, 0.25) is 5.02 Å². The summed E-state index contributed by atoms with van der Waals surface area (Å²) in [4.78, 5) is 18.3. The molecule has 0 spiro atoms. The third-order valence-electron chi connectivity index (χ3n) is 2.65. The Morgan fingerprint density at radius 2 is 2.00 bits per heavy atom. The number of rotatable bonds is 5. The van der Waals surface area contributed by atoms with Gasteiger partial charge in [-0.15, -0.1) is 0 Å². The van der Waals surface area contributed by atoms with E-state index in [-0.39, 0.29) is 17.3 Å². The molecule has 0 unspecified atom stereocenters. The molecule has 0 aliphatic heterocycles. The largest absolute Gasteiger partial charge is 0.367 e. The van der Waals surface area contributed by atoms with Crippen molar-refractivity contribution in [2.45, 2.75) is 6.54 Å². The molecule has 0 fully saturated rings. The average Bonchev–Trinajstić information content (AvgIpc) is 2.45. The summed E-state index contributed by atoms with van der Waals surface area (Å²) in [7, 11) is 1.56. The first-order chi connectivity index (χ1) is 9.63. The molecule has 0 aliphatic carbocycles. The van der Waals surface area contributed by atoms with Crippen LogP contribution in [-0.2, 0) is 6.54 Å². The molecule has 1 aromatic heterocycles. The van der Waals surface area contributed by atoms with Crippen LogP contribution in [0, 0.1) is 10.1 Å². The lowest BCUT2D eigenvalue weighted by Gasteiger charge is -2.09. The summed E-state index contributed by atoms with van der Waals surface area (Å²) < 4.78 is 0. The van der Waals surface area contributed by atoms with E-state index in [2.05, 4.69) is 20.6 Å². The smallest absolute Gasteiger partial charge is 0.353 e. The van der Waals surface area contributed by atoms with Gasteiger partial charge >= 0.3 is 5.69 Å². The van der Waals surface area contributed by atoms with E-state index >= 15 is 0 Å². The van der Waals surface area contributed by atoms with Crippen molar-refractivity contribution < 1.29 is 4.92 Å². The maximum absolute atomic E-state index is 11.1. The number of halogens is 1. The van der Waals surface area contributed by atoms with Crippen molar-refractivity contribution in [1.82, 2.24) is 9.97 Å². The van der Waals surface area contributed by atoms with E-state index in [9.17, 15) is 10.1 Å². The Morgan fingerprint density at radius 3 is 2.65 bits per heavy atom. The fraction of sp³-hybridized carbons (Fsp3) is 0.167. The number of benzene rings is 1. The van der Waals surface area contributed by atoms with Crippen LogP contribution in [0.5, 0.6) is 0 Å². The molecule has 0 bridgehead atoms. The number of nitrogens with one attached hydrogen (secondary N) is 2. The number of hydrogen-bond acceptors (Lipinski definition) is 6. The van der Waals surface area contributed by atoms with Crippen LogP contribution in [-0.4, -0.2) is 21.9 Å². The van der Waals surface area contributed by atoms with Crippen molar-refractivity contribution in [2.24, 2.45) is 0 Å². The lowest BCUT2D eigenvalue weighted by Crippen LogP contribution is -2.08. The van der Waals surface area contributed by atoms with Crippen molar-refractivity contribution in [3.05, 3.63) is 51.3 Å². The lowest BCUT2D eigenvalue weighted by atomic mass is 10.2. The van der Waals surface area contributed by atoms with E-state index in [1.165, 1.54) is 6.33 Å². The molecule has 2 aromatic rings. The molecule has 1 heterocycles. The van der Waals surface area contributed by atoms with Gasteiger partial charge in [-0.1, -0.05) is 29.8 Å². The van der Waals surface area contributed by atoms with Gasteiger partial charge in [0.05, 0.1) is 4.92 Å². The zero-order valence-electron chi connectivity index (χ0n) is 10.6. The van der Waals surface area contributed by atoms with E-state index in [0.717, 1.165) is 5.56 Å². The zero-order valence-corrected chi connectivity index (χ0v) is 11.4. The zero-order chi connectivity index (χ0) is 14.5. The molecule has 1 aromatic carbocycles. The quantitative estimate of drug-likeness (QED) is 0.650. The van der Waals surface area contributed by atoms with Gasteiger partial charge in [-0.3, -0.25) is 10.1 Å². The molecule has 0 saturated carbocycles. The van der Waals surface area contributed by atoms with Crippen LogP contribution in [0.25, 0.3) is 0 Å². The lowest BCUT2D eigenvalue weighted by molar-refractivity contribution is -0.383. The Kier molecular flexibility index (Phi) is 4.31. The van der Waals surface area contributed by atoms with Crippen LogP contribution in [0.4, 0.5) is 17.3 Å². The molecular weight excluding hydrogens is 282 g/mol. The fourth-order valence-corrected chi connectivity index (χ4v) is 1.89. The highest BCUT2D eigenvalue weighted by Gasteiger charge is 2.21. The molecule has 7 nitrogen and oxygen atoms in total. The molecule has 0 aliphatic rings.